The van der Waals surface area contributed by atoms with Crippen LogP contribution < -0.4 is 10.1 Å². The number of nitrogens with one attached hydrogen (secondary N) is 1. The zero-order valence-electron chi connectivity index (χ0n) is 15.8. The SMILES string of the molecule is COCCN1CCN(C(=O)Nc2ccc(OCc3ccccc3)cc2)CC1. The van der Waals surface area contributed by atoms with Gasteiger partial charge in [-0.15, -0.1) is 0 Å². The van der Waals surface area contributed by atoms with Gasteiger partial charge in [-0.1, -0.05) is 30.3 Å². The fraction of sp³-hybridized carbons (Fsp3) is 0.381. The van der Waals surface area contributed by atoms with Gasteiger partial charge in [0.15, 0.2) is 0 Å². The molecule has 0 saturated carbocycles. The van der Waals surface area contributed by atoms with E-state index in [1.165, 1.54) is 0 Å². The van der Waals surface area contributed by atoms with Crippen LogP contribution in [0.1, 0.15) is 5.56 Å². The first-order valence-electron chi connectivity index (χ1n) is 9.28. The number of rotatable bonds is 7. The van der Waals surface area contributed by atoms with E-state index in [4.69, 9.17) is 9.47 Å². The predicted octanol–water partition coefficient (Wildman–Crippen LogP) is 3.06. The summed E-state index contributed by atoms with van der Waals surface area (Å²) in [5.74, 6) is 0.781. The number of ether oxygens (including phenoxy) is 2. The molecule has 6 nitrogen and oxygen atoms in total. The molecule has 0 atom stereocenters. The molecule has 0 radical (unpaired) electrons. The van der Waals surface area contributed by atoms with Crippen LogP contribution in [0, 0.1) is 0 Å². The summed E-state index contributed by atoms with van der Waals surface area (Å²) in [6.45, 7) is 5.38. The molecule has 0 aromatic heterocycles. The van der Waals surface area contributed by atoms with Gasteiger partial charge in [-0.3, -0.25) is 4.90 Å². The topological polar surface area (TPSA) is 54.0 Å². The van der Waals surface area contributed by atoms with Crippen molar-refractivity contribution in [2.75, 3.05) is 51.8 Å². The second-order valence-electron chi connectivity index (χ2n) is 6.55. The number of urea groups is 1. The number of piperazine rings is 1. The maximum absolute atomic E-state index is 12.4. The van der Waals surface area contributed by atoms with E-state index in [0.29, 0.717) is 6.61 Å². The van der Waals surface area contributed by atoms with Gasteiger partial charge < -0.3 is 19.7 Å². The Hall–Kier alpha value is -2.57. The molecule has 1 N–H and O–H groups in total. The van der Waals surface area contributed by atoms with Gasteiger partial charge >= 0.3 is 6.03 Å². The van der Waals surface area contributed by atoms with E-state index in [2.05, 4.69) is 10.2 Å². The summed E-state index contributed by atoms with van der Waals surface area (Å²) in [4.78, 5) is 16.6. The highest BCUT2D eigenvalue weighted by Gasteiger charge is 2.20. The summed E-state index contributed by atoms with van der Waals surface area (Å²) in [5.41, 5.74) is 1.90. The second kappa shape index (κ2) is 9.94. The summed E-state index contributed by atoms with van der Waals surface area (Å²) >= 11 is 0. The first kappa shape index (κ1) is 19.2. The van der Waals surface area contributed by atoms with E-state index in [-0.39, 0.29) is 6.03 Å². The Bertz CT molecular complexity index is 698. The van der Waals surface area contributed by atoms with Gasteiger partial charge in [0.2, 0.25) is 0 Å². The minimum Gasteiger partial charge on any atom is -0.489 e. The van der Waals surface area contributed by atoms with Crippen molar-refractivity contribution in [3.05, 3.63) is 60.2 Å². The average molecular weight is 369 g/mol. The molecule has 1 aliphatic heterocycles. The Morgan fingerprint density at radius 1 is 1.00 bits per heavy atom. The molecule has 6 heteroatoms. The lowest BCUT2D eigenvalue weighted by Crippen LogP contribution is -2.50. The van der Waals surface area contributed by atoms with Gasteiger partial charge in [0, 0.05) is 45.5 Å². The van der Waals surface area contributed by atoms with Gasteiger partial charge in [0.25, 0.3) is 0 Å². The predicted molar refractivity (Wildman–Crippen MR) is 106 cm³/mol. The summed E-state index contributed by atoms with van der Waals surface area (Å²) in [5, 5.41) is 2.96. The Labute approximate surface area is 160 Å². The first-order valence-corrected chi connectivity index (χ1v) is 9.28. The lowest BCUT2D eigenvalue weighted by molar-refractivity contribution is 0.109. The smallest absolute Gasteiger partial charge is 0.321 e. The van der Waals surface area contributed by atoms with Crippen molar-refractivity contribution in [2.45, 2.75) is 6.61 Å². The van der Waals surface area contributed by atoms with Gasteiger partial charge in [0.05, 0.1) is 6.61 Å². The zero-order valence-corrected chi connectivity index (χ0v) is 15.8. The highest BCUT2D eigenvalue weighted by molar-refractivity contribution is 5.89. The van der Waals surface area contributed by atoms with Crippen molar-refractivity contribution in [3.63, 3.8) is 0 Å². The number of carbonyl (C=O) groups excluding carboxylic acids is 1. The first-order chi connectivity index (χ1) is 13.2. The molecule has 144 valence electrons. The van der Waals surface area contributed by atoms with Crippen LogP contribution in [0.2, 0.25) is 0 Å². The molecule has 0 unspecified atom stereocenters. The highest BCUT2D eigenvalue weighted by Crippen LogP contribution is 2.17. The van der Waals surface area contributed by atoms with E-state index in [1.807, 2.05) is 59.5 Å². The highest BCUT2D eigenvalue weighted by atomic mass is 16.5. The van der Waals surface area contributed by atoms with Crippen LogP contribution in [-0.4, -0.2) is 62.3 Å². The summed E-state index contributed by atoms with van der Waals surface area (Å²) < 4.78 is 10.9. The number of nitrogens with zero attached hydrogens (tertiary/aromatic N) is 2. The third kappa shape index (κ3) is 5.98. The van der Waals surface area contributed by atoms with Crippen LogP contribution in [0.15, 0.2) is 54.6 Å². The van der Waals surface area contributed by atoms with Crippen LogP contribution in [0.5, 0.6) is 5.75 Å². The van der Waals surface area contributed by atoms with Crippen LogP contribution in [0.4, 0.5) is 10.5 Å². The van der Waals surface area contributed by atoms with Gasteiger partial charge in [-0.05, 0) is 29.8 Å². The summed E-state index contributed by atoms with van der Waals surface area (Å²) in [7, 11) is 1.71. The van der Waals surface area contributed by atoms with Crippen molar-refractivity contribution in [3.8, 4) is 5.75 Å². The standard InChI is InChI=1S/C21H27N3O3/c1-26-16-15-23-11-13-24(14-12-23)21(25)22-19-7-9-20(10-8-19)27-17-18-5-3-2-4-6-18/h2-10H,11-17H2,1H3,(H,22,25). The van der Waals surface area contributed by atoms with Gasteiger partial charge in [-0.2, -0.15) is 0 Å². The van der Waals surface area contributed by atoms with Gasteiger partial charge in [0.1, 0.15) is 12.4 Å². The maximum atomic E-state index is 12.4. The van der Waals surface area contributed by atoms with Gasteiger partial charge in [-0.25, -0.2) is 4.79 Å². The molecule has 2 amide bonds. The Morgan fingerprint density at radius 3 is 2.37 bits per heavy atom. The molecular formula is C21H27N3O3. The van der Waals surface area contributed by atoms with E-state index in [9.17, 15) is 4.79 Å². The van der Waals surface area contributed by atoms with E-state index < -0.39 is 0 Å². The van der Waals surface area contributed by atoms with Crippen LogP contribution in [-0.2, 0) is 11.3 Å². The van der Waals surface area contributed by atoms with Crippen molar-refractivity contribution < 1.29 is 14.3 Å². The molecule has 3 rings (SSSR count). The molecule has 0 bridgehead atoms. The molecule has 1 aliphatic rings. The van der Waals surface area contributed by atoms with E-state index in [1.54, 1.807) is 7.11 Å². The number of methoxy groups -OCH3 is 1. The minimum atomic E-state index is -0.0562. The zero-order chi connectivity index (χ0) is 18.9. The maximum Gasteiger partial charge on any atom is 0.321 e. The summed E-state index contributed by atoms with van der Waals surface area (Å²) in [6, 6.07) is 17.5. The number of hydrogen-bond acceptors (Lipinski definition) is 4. The third-order valence-corrected chi connectivity index (χ3v) is 4.63. The van der Waals surface area contributed by atoms with Crippen molar-refractivity contribution in [2.24, 2.45) is 0 Å². The largest absolute Gasteiger partial charge is 0.489 e. The Morgan fingerprint density at radius 2 is 1.70 bits per heavy atom. The number of amides is 2. The summed E-state index contributed by atoms with van der Waals surface area (Å²) in [6.07, 6.45) is 0. The fourth-order valence-electron chi connectivity index (χ4n) is 2.97. The van der Waals surface area contributed by atoms with Crippen LogP contribution >= 0.6 is 0 Å². The lowest BCUT2D eigenvalue weighted by Gasteiger charge is -2.34. The fourth-order valence-corrected chi connectivity index (χ4v) is 2.97. The molecule has 1 fully saturated rings. The van der Waals surface area contributed by atoms with E-state index in [0.717, 1.165) is 56.3 Å². The van der Waals surface area contributed by atoms with Crippen molar-refractivity contribution in [1.29, 1.82) is 0 Å². The van der Waals surface area contributed by atoms with Crippen molar-refractivity contribution in [1.82, 2.24) is 9.80 Å². The Kier molecular flexibility index (Phi) is 7.07. The number of hydrogen-bond donors (Lipinski definition) is 1. The van der Waals surface area contributed by atoms with E-state index >= 15 is 0 Å². The molecule has 27 heavy (non-hydrogen) atoms. The molecule has 0 spiro atoms. The average Bonchev–Trinajstić information content (AvgIpc) is 2.73. The number of benzene rings is 2. The number of anilines is 1. The van der Waals surface area contributed by atoms with Crippen molar-refractivity contribution >= 4 is 11.7 Å². The molecule has 2 aromatic carbocycles. The second-order valence-corrected chi connectivity index (χ2v) is 6.55. The Balaban J connectivity index is 1.43. The third-order valence-electron chi connectivity index (χ3n) is 4.63. The minimum absolute atomic E-state index is 0.0562. The monoisotopic (exact) mass is 369 g/mol. The molecule has 2 aromatic rings. The van der Waals surface area contributed by atoms with Crippen LogP contribution in [0.3, 0.4) is 0 Å². The normalized spacial score (nSPS) is 14.8. The molecule has 1 heterocycles. The van der Waals surface area contributed by atoms with Crippen LogP contribution in [0.25, 0.3) is 0 Å². The number of carbonyl (C=O) groups is 1. The molecule has 1 saturated heterocycles. The molecule has 0 aliphatic carbocycles. The quantitative estimate of drug-likeness (QED) is 0.815. The lowest BCUT2D eigenvalue weighted by atomic mass is 10.2. The molecular weight excluding hydrogens is 342 g/mol.